The van der Waals surface area contributed by atoms with E-state index in [4.69, 9.17) is 0 Å². The van der Waals surface area contributed by atoms with E-state index in [1.165, 1.54) is 6.33 Å². The maximum atomic E-state index is 11.8. The van der Waals surface area contributed by atoms with Crippen molar-refractivity contribution in [1.29, 1.82) is 0 Å². The zero-order valence-electron chi connectivity index (χ0n) is 10.2. The van der Waals surface area contributed by atoms with Gasteiger partial charge in [0.25, 0.3) is 5.91 Å². The van der Waals surface area contributed by atoms with Crippen molar-refractivity contribution in [1.82, 2.24) is 30.5 Å². The highest BCUT2D eigenvalue weighted by molar-refractivity contribution is 5.90. The minimum absolute atomic E-state index is 0.146. The number of nitrogens with one attached hydrogen (secondary N) is 2. The molecule has 0 radical (unpaired) electrons. The molecular weight excluding hydrogens is 232 g/mol. The molecule has 2 aromatic heterocycles. The van der Waals surface area contributed by atoms with Crippen LogP contribution >= 0.6 is 0 Å². The highest BCUT2D eigenvalue weighted by atomic mass is 16.2. The predicted molar refractivity (Wildman–Crippen MR) is 63.7 cm³/mol. The number of H-pyrrole nitrogens is 1. The zero-order chi connectivity index (χ0) is 13.0. The average molecular weight is 246 g/mol. The van der Waals surface area contributed by atoms with Crippen LogP contribution in [0.4, 0.5) is 0 Å². The third-order valence-corrected chi connectivity index (χ3v) is 2.33. The Labute approximate surface area is 104 Å². The lowest BCUT2D eigenvalue weighted by atomic mass is 10.2. The van der Waals surface area contributed by atoms with Gasteiger partial charge in [0.1, 0.15) is 12.2 Å². The molecule has 18 heavy (non-hydrogen) atoms. The summed E-state index contributed by atoms with van der Waals surface area (Å²) in [6.07, 6.45) is 3.06. The van der Waals surface area contributed by atoms with Gasteiger partial charge in [-0.2, -0.15) is 0 Å². The minimum Gasteiger partial charge on any atom is -0.344 e. The van der Waals surface area contributed by atoms with Gasteiger partial charge in [-0.25, -0.2) is 15.0 Å². The minimum atomic E-state index is -0.322. The number of amides is 1. The molecule has 0 aliphatic carbocycles. The molecule has 1 amide bonds. The molecule has 0 spiro atoms. The first-order chi connectivity index (χ1) is 8.66. The molecule has 0 saturated heterocycles. The molecule has 0 unspecified atom stereocenters. The molecule has 7 heteroatoms. The summed E-state index contributed by atoms with van der Waals surface area (Å²) >= 11 is 0. The van der Waals surface area contributed by atoms with Crippen LogP contribution in [0, 0.1) is 0 Å². The molecule has 7 nitrogen and oxygen atoms in total. The fourth-order valence-electron chi connectivity index (χ4n) is 1.31. The summed E-state index contributed by atoms with van der Waals surface area (Å²) in [7, 11) is 0. The fraction of sp³-hybridized carbons (Fsp3) is 0.364. The maximum absolute atomic E-state index is 11.8. The van der Waals surface area contributed by atoms with Crippen molar-refractivity contribution in [3.63, 3.8) is 0 Å². The highest BCUT2D eigenvalue weighted by Crippen LogP contribution is 2.07. The fourth-order valence-corrected chi connectivity index (χ4v) is 1.31. The lowest BCUT2D eigenvalue weighted by Crippen LogP contribution is -2.24. The molecule has 2 N–H and O–H groups in total. The van der Waals surface area contributed by atoms with Gasteiger partial charge in [-0.3, -0.25) is 9.89 Å². The SMILES string of the molecule is CC(C)c1nc(C(=O)NCc2ccncn2)n[nH]1. The van der Waals surface area contributed by atoms with Crippen molar-refractivity contribution in [3.8, 4) is 0 Å². The Kier molecular flexibility index (Phi) is 3.61. The van der Waals surface area contributed by atoms with Crippen molar-refractivity contribution in [2.45, 2.75) is 26.3 Å². The van der Waals surface area contributed by atoms with Gasteiger partial charge in [-0.05, 0) is 6.07 Å². The average Bonchev–Trinajstić information content (AvgIpc) is 2.87. The van der Waals surface area contributed by atoms with Gasteiger partial charge < -0.3 is 5.32 Å². The third-order valence-electron chi connectivity index (χ3n) is 2.33. The molecule has 0 aromatic carbocycles. The van der Waals surface area contributed by atoms with E-state index in [1.54, 1.807) is 12.3 Å². The first-order valence-corrected chi connectivity index (χ1v) is 5.62. The van der Waals surface area contributed by atoms with Crippen molar-refractivity contribution in [2.75, 3.05) is 0 Å². The van der Waals surface area contributed by atoms with E-state index >= 15 is 0 Å². The summed E-state index contributed by atoms with van der Waals surface area (Å²) in [6.45, 7) is 4.28. The number of rotatable bonds is 4. The number of carbonyl (C=O) groups is 1. The second-order valence-corrected chi connectivity index (χ2v) is 4.08. The number of aromatic amines is 1. The van der Waals surface area contributed by atoms with Crippen molar-refractivity contribution >= 4 is 5.91 Å². The van der Waals surface area contributed by atoms with E-state index in [2.05, 4.69) is 30.5 Å². The maximum Gasteiger partial charge on any atom is 0.291 e. The van der Waals surface area contributed by atoms with Crippen molar-refractivity contribution in [2.24, 2.45) is 0 Å². The summed E-state index contributed by atoms with van der Waals surface area (Å²) in [4.78, 5) is 23.7. The molecule has 2 rings (SSSR count). The topological polar surface area (TPSA) is 96.5 Å². The third kappa shape index (κ3) is 2.88. The molecule has 2 aromatic rings. The molecule has 0 aliphatic heterocycles. The van der Waals surface area contributed by atoms with Crippen LogP contribution < -0.4 is 5.32 Å². The standard InChI is InChI=1S/C11H14N6O/c1-7(2)9-15-10(17-16-9)11(18)13-5-8-3-4-12-6-14-8/h3-4,6-7H,5H2,1-2H3,(H,13,18)(H,15,16,17). The van der Waals surface area contributed by atoms with Gasteiger partial charge in [0.15, 0.2) is 0 Å². The summed E-state index contributed by atoms with van der Waals surface area (Å²) in [5.41, 5.74) is 0.734. The van der Waals surface area contributed by atoms with Crippen LogP contribution in [-0.4, -0.2) is 31.1 Å². The van der Waals surface area contributed by atoms with E-state index in [0.717, 1.165) is 5.69 Å². The van der Waals surface area contributed by atoms with Gasteiger partial charge in [0.05, 0.1) is 12.2 Å². The van der Waals surface area contributed by atoms with Crippen LogP contribution in [-0.2, 0) is 6.54 Å². The quantitative estimate of drug-likeness (QED) is 0.825. The molecule has 94 valence electrons. The predicted octanol–water partition coefficient (Wildman–Crippen LogP) is 0.648. The van der Waals surface area contributed by atoms with E-state index in [-0.39, 0.29) is 17.6 Å². The number of nitrogens with zero attached hydrogens (tertiary/aromatic N) is 4. The monoisotopic (exact) mass is 246 g/mol. The largest absolute Gasteiger partial charge is 0.344 e. The Morgan fingerprint density at radius 1 is 1.50 bits per heavy atom. The van der Waals surface area contributed by atoms with Gasteiger partial charge in [-0.1, -0.05) is 13.8 Å². The lowest BCUT2D eigenvalue weighted by molar-refractivity contribution is 0.0940. The summed E-state index contributed by atoms with van der Waals surface area (Å²) in [5, 5.41) is 9.30. The molecule has 0 aliphatic rings. The Bertz CT molecular complexity index is 521. The van der Waals surface area contributed by atoms with Gasteiger partial charge >= 0.3 is 0 Å². The summed E-state index contributed by atoms with van der Waals surface area (Å²) in [5.74, 6) is 0.729. The first-order valence-electron chi connectivity index (χ1n) is 5.62. The van der Waals surface area contributed by atoms with Gasteiger partial charge in [0, 0.05) is 12.1 Å². The summed E-state index contributed by atoms with van der Waals surface area (Å²) < 4.78 is 0. The van der Waals surface area contributed by atoms with Crippen LogP contribution in [0.2, 0.25) is 0 Å². The van der Waals surface area contributed by atoms with E-state index in [1.807, 2.05) is 13.8 Å². The number of hydrogen-bond acceptors (Lipinski definition) is 5. The second kappa shape index (κ2) is 5.35. The Balaban J connectivity index is 1.95. The summed E-state index contributed by atoms with van der Waals surface area (Å²) in [6, 6.07) is 1.73. The Hall–Kier alpha value is -2.31. The smallest absolute Gasteiger partial charge is 0.291 e. The molecule has 0 fully saturated rings. The van der Waals surface area contributed by atoms with Crippen LogP contribution in [0.15, 0.2) is 18.6 Å². The number of carbonyl (C=O) groups excluding carboxylic acids is 1. The van der Waals surface area contributed by atoms with E-state index in [0.29, 0.717) is 12.4 Å². The van der Waals surface area contributed by atoms with Crippen LogP contribution in [0.5, 0.6) is 0 Å². The normalized spacial score (nSPS) is 10.6. The molecule has 0 bridgehead atoms. The lowest BCUT2D eigenvalue weighted by Gasteiger charge is -2.01. The number of hydrogen-bond donors (Lipinski definition) is 2. The van der Waals surface area contributed by atoms with Crippen molar-refractivity contribution in [3.05, 3.63) is 35.9 Å². The van der Waals surface area contributed by atoms with Crippen LogP contribution in [0.3, 0.4) is 0 Å². The number of aromatic nitrogens is 5. The Morgan fingerprint density at radius 3 is 2.94 bits per heavy atom. The van der Waals surface area contributed by atoms with Crippen molar-refractivity contribution < 1.29 is 4.79 Å². The zero-order valence-corrected chi connectivity index (χ0v) is 10.2. The van der Waals surface area contributed by atoms with Crippen LogP contribution in [0.1, 0.15) is 41.9 Å². The molecular formula is C11H14N6O. The second-order valence-electron chi connectivity index (χ2n) is 4.08. The highest BCUT2D eigenvalue weighted by Gasteiger charge is 2.13. The van der Waals surface area contributed by atoms with E-state index < -0.39 is 0 Å². The van der Waals surface area contributed by atoms with Gasteiger partial charge in [-0.15, -0.1) is 5.10 Å². The molecule has 0 atom stereocenters. The van der Waals surface area contributed by atoms with E-state index in [9.17, 15) is 4.79 Å². The first kappa shape index (κ1) is 12.2. The van der Waals surface area contributed by atoms with Gasteiger partial charge in [0.2, 0.25) is 5.82 Å². The van der Waals surface area contributed by atoms with Crippen LogP contribution in [0.25, 0.3) is 0 Å². The Morgan fingerprint density at radius 2 is 2.33 bits per heavy atom. The molecule has 0 saturated carbocycles. The molecule has 2 heterocycles.